The molecule has 1 aliphatic rings. The summed E-state index contributed by atoms with van der Waals surface area (Å²) in [6.45, 7) is 3.18. The van der Waals surface area contributed by atoms with Gasteiger partial charge in [0.05, 0.1) is 5.69 Å². The van der Waals surface area contributed by atoms with Gasteiger partial charge in [0.25, 0.3) is 0 Å². The van der Waals surface area contributed by atoms with E-state index in [1.807, 2.05) is 24.0 Å². The minimum absolute atomic E-state index is 0.608. The van der Waals surface area contributed by atoms with E-state index >= 15 is 0 Å². The number of nitrogens with one attached hydrogen (secondary N) is 1. The number of hydrogen-bond acceptors (Lipinski definition) is 3. The number of aromatic nitrogens is 4. The zero-order valence-corrected chi connectivity index (χ0v) is 16.2. The van der Waals surface area contributed by atoms with Crippen LogP contribution in [0.15, 0.2) is 61.1 Å². The normalized spacial score (nSPS) is 16.0. The lowest BCUT2D eigenvalue weighted by atomic mass is 9.89. The Bertz CT molecular complexity index is 1070. The van der Waals surface area contributed by atoms with Crippen molar-refractivity contribution in [3.05, 3.63) is 72.2 Å². The van der Waals surface area contributed by atoms with Crippen molar-refractivity contribution in [1.29, 1.82) is 0 Å². The summed E-state index contributed by atoms with van der Waals surface area (Å²) in [6, 6.07) is 14.7. The number of likely N-dealkylation sites (tertiary alicyclic amines) is 1. The summed E-state index contributed by atoms with van der Waals surface area (Å²) in [5.74, 6) is 0.608. The first kappa shape index (κ1) is 17.2. The predicted molar refractivity (Wildman–Crippen MR) is 112 cm³/mol. The van der Waals surface area contributed by atoms with E-state index < -0.39 is 0 Å². The molecule has 0 saturated carbocycles. The Kier molecular flexibility index (Phi) is 4.45. The summed E-state index contributed by atoms with van der Waals surface area (Å²) in [6.07, 6.45) is 8.54. The third kappa shape index (κ3) is 3.22. The zero-order chi connectivity index (χ0) is 18.9. The highest BCUT2D eigenvalue weighted by atomic mass is 15.3. The van der Waals surface area contributed by atoms with Crippen LogP contribution in [-0.2, 0) is 13.6 Å². The number of benzene rings is 1. The van der Waals surface area contributed by atoms with E-state index in [9.17, 15) is 0 Å². The van der Waals surface area contributed by atoms with Crippen molar-refractivity contribution in [3.8, 4) is 11.3 Å². The molecule has 1 fully saturated rings. The molecule has 3 aromatic heterocycles. The lowest BCUT2D eigenvalue weighted by Crippen LogP contribution is -2.32. The molecule has 1 N–H and O–H groups in total. The fourth-order valence-corrected chi connectivity index (χ4v) is 4.45. The van der Waals surface area contributed by atoms with Crippen LogP contribution in [0, 0.1) is 0 Å². The van der Waals surface area contributed by atoms with Crippen LogP contribution >= 0.6 is 0 Å². The first-order chi connectivity index (χ1) is 13.8. The van der Waals surface area contributed by atoms with E-state index in [1.54, 1.807) is 0 Å². The van der Waals surface area contributed by atoms with Gasteiger partial charge in [-0.2, -0.15) is 5.10 Å². The Morgan fingerprint density at radius 3 is 2.71 bits per heavy atom. The molecule has 0 radical (unpaired) electrons. The van der Waals surface area contributed by atoms with Gasteiger partial charge in [-0.05, 0) is 49.5 Å². The van der Waals surface area contributed by atoms with Gasteiger partial charge in [0.1, 0.15) is 5.65 Å². The molecule has 5 heteroatoms. The molecule has 4 heterocycles. The molecular formula is C23H25N5. The van der Waals surface area contributed by atoms with Gasteiger partial charge in [-0.1, -0.05) is 30.3 Å². The summed E-state index contributed by atoms with van der Waals surface area (Å²) in [7, 11) is 2.01. The van der Waals surface area contributed by atoms with E-state index in [0.29, 0.717) is 5.92 Å². The molecule has 0 spiro atoms. The number of aromatic amines is 1. The summed E-state index contributed by atoms with van der Waals surface area (Å²) in [4.78, 5) is 10.3. The molecule has 1 aliphatic heterocycles. The summed E-state index contributed by atoms with van der Waals surface area (Å²) in [5, 5.41) is 5.99. The molecule has 0 atom stereocenters. The van der Waals surface area contributed by atoms with Crippen molar-refractivity contribution in [2.45, 2.75) is 25.3 Å². The van der Waals surface area contributed by atoms with Crippen LogP contribution in [0.2, 0.25) is 0 Å². The van der Waals surface area contributed by atoms with Crippen LogP contribution in [0.3, 0.4) is 0 Å². The highest BCUT2D eigenvalue weighted by Gasteiger charge is 2.24. The topological polar surface area (TPSA) is 49.7 Å². The molecule has 0 unspecified atom stereocenters. The SMILES string of the molecule is Cn1cc(CN2CCC(c3c[nH]c4ncccc34)CC2)c(-c2ccccc2)n1. The van der Waals surface area contributed by atoms with Crippen molar-refractivity contribution >= 4 is 11.0 Å². The predicted octanol–water partition coefficient (Wildman–Crippen LogP) is 4.34. The summed E-state index contributed by atoms with van der Waals surface area (Å²) >= 11 is 0. The van der Waals surface area contributed by atoms with E-state index in [0.717, 1.165) is 31.0 Å². The molecule has 5 nitrogen and oxygen atoms in total. The third-order valence-electron chi connectivity index (χ3n) is 5.86. The smallest absolute Gasteiger partial charge is 0.137 e. The molecule has 5 rings (SSSR count). The third-order valence-corrected chi connectivity index (χ3v) is 5.86. The van der Waals surface area contributed by atoms with Crippen molar-refractivity contribution in [2.24, 2.45) is 7.05 Å². The number of fused-ring (bicyclic) bond motifs is 1. The van der Waals surface area contributed by atoms with E-state index in [4.69, 9.17) is 5.10 Å². The molecule has 142 valence electrons. The average molecular weight is 371 g/mol. The van der Waals surface area contributed by atoms with E-state index in [2.05, 4.69) is 63.7 Å². The number of pyridine rings is 1. The molecule has 0 bridgehead atoms. The van der Waals surface area contributed by atoms with Crippen LogP contribution in [0.1, 0.15) is 29.9 Å². The second-order valence-electron chi connectivity index (χ2n) is 7.74. The average Bonchev–Trinajstić information content (AvgIpc) is 3.33. The minimum atomic E-state index is 0.608. The number of H-pyrrole nitrogens is 1. The van der Waals surface area contributed by atoms with Crippen LogP contribution in [0.25, 0.3) is 22.3 Å². The Hall–Kier alpha value is -2.92. The van der Waals surface area contributed by atoms with Gasteiger partial charge in [0.15, 0.2) is 0 Å². The Labute approximate surface area is 165 Å². The highest BCUT2D eigenvalue weighted by Crippen LogP contribution is 2.33. The Morgan fingerprint density at radius 1 is 1.07 bits per heavy atom. The number of hydrogen-bond donors (Lipinski definition) is 1. The van der Waals surface area contributed by atoms with Gasteiger partial charge < -0.3 is 4.98 Å². The summed E-state index contributed by atoms with van der Waals surface area (Å²) < 4.78 is 1.93. The molecule has 1 saturated heterocycles. The molecule has 4 aromatic rings. The van der Waals surface area contributed by atoms with Gasteiger partial charge in [-0.25, -0.2) is 4.98 Å². The van der Waals surface area contributed by atoms with Gasteiger partial charge in [0, 0.05) is 48.7 Å². The lowest BCUT2D eigenvalue weighted by Gasteiger charge is -2.31. The lowest BCUT2D eigenvalue weighted by molar-refractivity contribution is 0.205. The van der Waals surface area contributed by atoms with Crippen molar-refractivity contribution in [2.75, 3.05) is 13.1 Å². The maximum absolute atomic E-state index is 4.72. The number of aryl methyl sites for hydroxylation is 1. The van der Waals surface area contributed by atoms with E-state index in [1.165, 1.54) is 34.9 Å². The van der Waals surface area contributed by atoms with Crippen molar-refractivity contribution in [3.63, 3.8) is 0 Å². The van der Waals surface area contributed by atoms with Gasteiger partial charge in [-0.3, -0.25) is 9.58 Å². The van der Waals surface area contributed by atoms with Crippen LogP contribution in [-0.4, -0.2) is 37.7 Å². The minimum Gasteiger partial charge on any atom is -0.346 e. The molecular weight excluding hydrogens is 346 g/mol. The Morgan fingerprint density at radius 2 is 1.89 bits per heavy atom. The summed E-state index contributed by atoms with van der Waals surface area (Å²) in [5.41, 5.74) is 6.03. The fourth-order valence-electron chi connectivity index (χ4n) is 4.45. The Balaban J connectivity index is 1.30. The first-order valence-corrected chi connectivity index (χ1v) is 10.0. The first-order valence-electron chi connectivity index (χ1n) is 10.0. The quantitative estimate of drug-likeness (QED) is 0.580. The van der Waals surface area contributed by atoms with Crippen molar-refractivity contribution < 1.29 is 0 Å². The largest absolute Gasteiger partial charge is 0.346 e. The number of piperidine rings is 1. The highest BCUT2D eigenvalue weighted by molar-refractivity contribution is 5.80. The van der Waals surface area contributed by atoms with Gasteiger partial charge in [-0.15, -0.1) is 0 Å². The monoisotopic (exact) mass is 371 g/mol. The molecule has 28 heavy (non-hydrogen) atoms. The molecule has 0 amide bonds. The standard InChI is InChI=1S/C23H25N5/c1-27-15-19(22(26-27)18-6-3-2-4-7-18)16-28-12-9-17(10-13-28)21-14-25-23-20(21)8-5-11-24-23/h2-8,11,14-15,17H,9-10,12-13,16H2,1H3,(H,24,25). The van der Waals surface area contributed by atoms with Crippen LogP contribution < -0.4 is 0 Å². The number of nitrogens with zero attached hydrogens (tertiary/aromatic N) is 4. The van der Waals surface area contributed by atoms with Crippen LogP contribution in [0.4, 0.5) is 0 Å². The van der Waals surface area contributed by atoms with Gasteiger partial charge in [0.2, 0.25) is 0 Å². The van der Waals surface area contributed by atoms with Crippen molar-refractivity contribution in [1.82, 2.24) is 24.6 Å². The second-order valence-corrected chi connectivity index (χ2v) is 7.74. The molecule has 1 aromatic carbocycles. The second kappa shape index (κ2) is 7.24. The molecule has 0 aliphatic carbocycles. The maximum Gasteiger partial charge on any atom is 0.137 e. The fraction of sp³-hybridized carbons (Fsp3) is 0.304. The zero-order valence-electron chi connectivity index (χ0n) is 16.2. The van der Waals surface area contributed by atoms with E-state index in [-0.39, 0.29) is 0 Å². The number of rotatable bonds is 4. The van der Waals surface area contributed by atoms with Crippen LogP contribution in [0.5, 0.6) is 0 Å². The maximum atomic E-state index is 4.72. The van der Waals surface area contributed by atoms with Gasteiger partial charge >= 0.3 is 0 Å².